The molecule has 4 rings (SSSR count). The van der Waals surface area contributed by atoms with Crippen molar-refractivity contribution in [2.45, 2.75) is 43.0 Å². The van der Waals surface area contributed by atoms with Crippen molar-refractivity contribution in [3.8, 4) is 5.69 Å². The molecule has 1 aliphatic rings. The average molecular weight is 419 g/mol. The molecule has 0 radical (unpaired) electrons. The number of hydrogen-bond donors (Lipinski definition) is 0. The summed E-state index contributed by atoms with van der Waals surface area (Å²) in [4.78, 5) is 31.9. The third-order valence-corrected chi connectivity index (χ3v) is 7.08. The Labute approximate surface area is 169 Å². The molecule has 0 saturated carbocycles. The summed E-state index contributed by atoms with van der Waals surface area (Å²) in [6, 6.07) is 6.12. The van der Waals surface area contributed by atoms with Crippen molar-refractivity contribution < 1.29 is 13.9 Å². The molecule has 8 heteroatoms. The Bertz CT molecular complexity index is 1120. The molecular formula is C20H19FN2O3S2. The molecule has 2 heterocycles. The van der Waals surface area contributed by atoms with Gasteiger partial charge in [-0.1, -0.05) is 23.9 Å². The number of nitrogens with zero attached hydrogens (tertiary/aromatic N) is 2. The number of para-hydroxylation sites is 1. The molecule has 28 heavy (non-hydrogen) atoms. The Hall–Kier alpha value is -2.19. The Morgan fingerprint density at radius 1 is 1.32 bits per heavy atom. The molecule has 0 N–H and O–H groups in total. The van der Waals surface area contributed by atoms with Crippen LogP contribution in [0.1, 0.15) is 30.2 Å². The maximum Gasteiger partial charge on any atom is 0.318 e. The number of fused-ring (bicyclic) bond motifs is 3. The summed E-state index contributed by atoms with van der Waals surface area (Å²) in [6.45, 7) is 1.68. The van der Waals surface area contributed by atoms with Crippen molar-refractivity contribution in [3.63, 3.8) is 0 Å². The molecule has 146 valence electrons. The standard InChI is InChI=1S/C20H19FN2O3S2/c1-11(19(25)26-2)27-20-22-17-16(12-7-3-6-10-15(12)28-17)18(24)23(20)14-9-5-4-8-13(14)21/h4-5,8-9,11H,3,6-7,10H2,1-2H3/t11-/m1/s1. The predicted octanol–water partition coefficient (Wildman–Crippen LogP) is 4.12. The zero-order valence-electron chi connectivity index (χ0n) is 15.5. The van der Waals surface area contributed by atoms with E-state index in [-0.39, 0.29) is 11.2 Å². The van der Waals surface area contributed by atoms with Gasteiger partial charge in [-0.3, -0.25) is 14.2 Å². The minimum Gasteiger partial charge on any atom is -0.468 e. The summed E-state index contributed by atoms with van der Waals surface area (Å²) in [5.74, 6) is -0.938. The fraction of sp³-hybridized carbons (Fsp3) is 0.350. The maximum absolute atomic E-state index is 14.6. The first-order valence-corrected chi connectivity index (χ1v) is 10.8. The zero-order chi connectivity index (χ0) is 19.8. The Morgan fingerprint density at radius 3 is 2.82 bits per heavy atom. The highest BCUT2D eigenvalue weighted by Gasteiger charge is 2.26. The van der Waals surface area contributed by atoms with Gasteiger partial charge in [0, 0.05) is 4.88 Å². The van der Waals surface area contributed by atoms with Crippen LogP contribution in [0.3, 0.4) is 0 Å². The van der Waals surface area contributed by atoms with Gasteiger partial charge in [0.2, 0.25) is 0 Å². The molecule has 0 fully saturated rings. The first kappa shape index (κ1) is 19.1. The molecule has 1 aromatic carbocycles. The van der Waals surface area contributed by atoms with Crippen molar-refractivity contribution in [1.82, 2.24) is 9.55 Å². The van der Waals surface area contributed by atoms with Crippen LogP contribution in [0, 0.1) is 5.82 Å². The summed E-state index contributed by atoms with van der Waals surface area (Å²) in [5, 5.41) is 0.291. The molecule has 0 spiro atoms. The summed E-state index contributed by atoms with van der Waals surface area (Å²) in [6.07, 6.45) is 3.92. The van der Waals surface area contributed by atoms with Gasteiger partial charge in [-0.15, -0.1) is 11.3 Å². The zero-order valence-corrected chi connectivity index (χ0v) is 17.2. The van der Waals surface area contributed by atoms with Gasteiger partial charge < -0.3 is 4.74 Å². The topological polar surface area (TPSA) is 61.2 Å². The second-order valence-electron chi connectivity index (χ2n) is 6.66. The summed E-state index contributed by atoms with van der Waals surface area (Å²) >= 11 is 2.63. The quantitative estimate of drug-likeness (QED) is 0.362. The van der Waals surface area contributed by atoms with E-state index in [2.05, 4.69) is 4.98 Å². The van der Waals surface area contributed by atoms with E-state index in [1.54, 1.807) is 25.1 Å². The number of thiophene rings is 1. The van der Waals surface area contributed by atoms with E-state index >= 15 is 0 Å². The van der Waals surface area contributed by atoms with Gasteiger partial charge in [0.25, 0.3) is 5.56 Å². The average Bonchev–Trinajstić information content (AvgIpc) is 3.07. The van der Waals surface area contributed by atoms with Gasteiger partial charge in [-0.2, -0.15) is 0 Å². The second-order valence-corrected chi connectivity index (χ2v) is 9.05. The van der Waals surface area contributed by atoms with Gasteiger partial charge in [0.05, 0.1) is 18.2 Å². The normalized spacial score (nSPS) is 14.7. The van der Waals surface area contributed by atoms with Crippen molar-refractivity contribution in [1.29, 1.82) is 0 Å². The van der Waals surface area contributed by atoms with E-state index in [9.17, 15) is 14.0 Å². The summed E-state index contributed by atoms with van der Waals surface area (Å²) in [5.41, 5.74) is 0.901. The number of ether oxygens (including phenoxy) is 1. The lowest BCUT2D eigenvalue weighted by molar-refractivity contribution is -0.139. The van der Waals surface area contributed by atoms with E-state index < -0.39 is 17.0 Å². The van der Waals surface area contributed by atoms with E-state index in [4.69, 9.17) is 4.74 Å². The first-order chi connectivity index (χ1) is 13.5. The molecule has 0 aliphatic heterocycles. The van der Waals surface area contributed by atoms with Gasteiger partial charge in [0.15, 0.2) is 5.16 Å². The minimum absolute atomic E-state index is 0.136. The fourth-order valence-electron chi connectivity index (χ4n) is 3.48. The Morgan fingerprint density at radius 2 is 2.07 bits per heavy atom. The molecular weight excluding hydrogens is 399 g/mol. The van der Waals surface area contributed by atoms with Crippen LogP contribution in [0.25, 0.3) is 15.9 Å². The lowest BCUT2D eigenvalue weighted by atomic mass is 9.97. The molecule has 1 atom stereocenters. The lowest BCUT2D eigenvalue weighted by Gasteiger charge is -2.15. The van der Waals surface area contributed by atoms with Crippen LogP contribution in [0.15, 0.2) is 34.2 Å². The number of esters is 1. The van der Waals surface area contributed by atoms with Crippen LogP contribution >= 0.6 is 23.1 Å². The summed E-state index contributed by atoms with van der Waals surface area (Å²) in [7, 11) is 1.31. The van der Waals surface area contributed by atoms with Crippen LogP contribution in [0.4, 0.5) is 4.39 Å². The number of carbonyl (C=O) groups excluding carboxylic acids is 1. The largest absolute Gasteiger partial charge is 0.468 e. The van der Waals surface area contributed by atoms with Crippen molar-refractivity contribution in [3.05, 3.63) is 50.9 Å². The van der Waals surface area contributed by atoms with Crippen molar-refractivity contribution in [2.24, 2.45) is 0 Å². The van der Waals surface area contributed by atoms with Crippen molar-refractivity contribution in [2.75, 3.05) is 7.11 Å². The maximum atomic E-state index is 14.6. The molecule has 0 amide bonds. The van der Waals surface area contributed by atoms with Crippen LogP contribution in [0.5, 0.6) is 0 Å². The van der Waals surface area contributed by atoms with Crippen LogP contribution in [0.2, 0.25) is 0 Å². The predicted molar refractivity (Wildman–Crippen MR) is 109 cm³/mol. The lowest BCUT2D eigenvalue weighted by Crippen LogP contribution is -2.25. The van der Waals surface area contributed by atoms with E-state index in [1.807, 2.05) is 0 Å². The van der Waals surface area contributed by atoms with Crippen LogP contribution < -0.4 is 5.56 Å². The Balaban J connectivity index is 1.98. The van der Waals surface area contributed by atoms with Gasteiger partial charge in [-0.25, -0.2) is 9.37 Å². The second kappa shape index (κ2) is 7.67. The number of rotatable bonds is 4. The molecule has 1 aliphatic carbocycles. The van der Waals surface area contributed by atoms with E-state index in [0.717, 1.165) is 43.0 Å². The number of hydrogen-bond acceptors (Lipinski definition) is 6. The molecule has 0 saturated heterocycles. The summed E-state index contributed by atoms with van der Waals surface area (Å²) < 4.78 is 20.7. The van der Waals surface area contributed by atoms with E-state index in [0.29, 0.717) is 15.4 Å². The molecule has 0 bridgehead atoms. The number of halogens is 1. The first-order valence-electron chi connectivity index (χ1n) is 9.08. The van der Waals surface area contributed by atoms with Crippen LogP contribution in [-0.4, -0.2) is 27.9 Å². The minimum atomic E-state index is -0.582. The highest BCUT2D eigenvalue weighted by Crippen LogP contribution is 2.36. The molecule has 5 nitrogen and oxygen atoms in total. The Kier molecular flexibility index (Phi) is 5.25. The van der Waals surface area contributed by atoms with Gasteiger partial charge in [-0.05, 0) is 50.3 Å². The third kappa shape index (κ3) is 3.24. The van der Waals surface area contributed by atoms with E-state index in [1.165, 1.54) is 34.0 Å². The number of aryl methyl sites for hydroxylation is 2. The third-order valence-electron chi connectivity index (χ3n) is 4.87. The highest BCUT2D eigenvalue weighted by molar-refractivity contribution is 8.00. The SMILES string of the molecule is COC(=O)[C@@H](C)Sc1nc2sc3c(c2c(=O)n1-c1ccccc1F)CCCC3. The van der Waals surface area contributed by atoms with Gasteiger partial charge in [0.1, 0.15) is 15.9 Å². The van der Waals surface area contributed by atoms with Gasteiger partial charge >= 0.3 is 5.97 Å². The number of aromatic nitrogens is 2. The molecule has 3 aromatic rings. The number of carbonyl (C=O) groups is 1. The smallest absolute Gasteiger partial charge is 0.318 e. The fourth-order valence-corrected chi connectivity index (χ4v) is 5.73. The monoisotopic (exact) mass is 418 g/mol. The number of benzene rings is 1. The number of thioether (sulfide) groups is 1. The molecule has 2 aromatic heterocycles. The number of methoxy groups -OCH3 is 1. The molecule has 0 unspecified atom stereocenters. The van der Waals surface area contributed by atoms with Crippen LogP contribution in [-0.2, 0) is 22.4 Å². The van der Waals surface area contributed by atoms with Crippen molar-refractivity contribution >= 4 is 39.3 Å². The highest BCUT2D eigenvalue weighted by atomic mass is 32.2.